The molecule has 2 aromatic rings. The van der Waals surface area contributed by atoms with Crippen LogP contribution in [0.1, 0.15) is 49.3 Å². The van der Waals surface area contributed by atoms with E-state index in [1.807, 2.05) is 18.2 Å². The van der Waals surface area contributed by atoms with Gasteiger partial charge in [0.15, 0.2) is 0 Å². The van der Waals surface area contributed by atoms with Crippen LogP contribution in [0.15, 0.2) is 42.5 Å². The van der Waals surface area contributed by atoms with Gasteiger partial charge >= 0.3 is 12.5 Å². The van der Waals surface area contributed by atoms with Gasteiger partial charge in [-0.25, -0.2) is 4.79 Å². The summed E-state index contributed by atoms with van der Waals surface area (Å²) in [5.41, 5.74) is 3.69. The number of fused-ring (bicyclic) bond motifs is 4. The SMILES string of the molecule is O=C(NC1c2cc(-c3cccc(OC(F)(F)F)c3)ccc2CCC12CC2)O[C@H]1CN2CCC1CC2. The van der Waals surface area contributed by atoms with E-state index in [0.29, 0.717) is 11.5 Å². The van der Waals surface area contributed by atoms with E-state index in [2.05, 4.69) is 15.0 Å². The molecule has 1 saturated carbocycles. The molecule has 5 aliphatic rings. The van der Waals surface area contributed by atoms with Crippen LogP contribution < -0.4 is 10.1 Å². The zero-order valence-electron chi connectivity index (χ0n) is 19.4. The monoisotopic (exact) mass is 486 g/mol. The van der Waals surface area contributed by atoms with Crippen LogP contribution in [0.2, 0.25) is 0 Å². The van der Waals surface area contributed by atoms with Crippen molar-refractivity contribution >= 4 is 6.09 Å². The highest BCUT2D eigenvalue weighted by Crippen LogP contribution is 2.61. The van der Waals surface area contributed by atoms with Crippen molar-refractivity contribution in [3.8, 4) is 16.9 Å². The number of carbonyl (C=O) groups is 1. The van der Waals surface area contributed by atoms with Gasteiger partial charge in [-0.15, -0.1) is 13.2 Å². The van der Waals surface area contributed by atoms with Crippen LogP contribution >= 0.6 is 0 Å². The van der Waals surface area contributed by atoms with Crippen molar-refractivity contribution in [3.63, 3.8) is 0 Å². The van der Waals surface area contributed by atoms with Crippen molar-refractivity contribution < 1.29 is 27.4 Å². The second kappa shape index (κ2) is 8.43. The van der Waals surface area contributed by atoms with Gasteiger partial charge in [0.1, 0.15) is 11.9 Å². The number of alkyl carbamates (subject to hydrolysis) is 1. The number of carbonyl (C=O) groups excluding carboxylic acids is 1. The van der Waals surface area contributed by atoms with E-state index in [4.69, 9.17) is 4.74 Å². The highest BCUT2D eigenvalue weighted by atomic mass is 19.4. The first-order valence-electron chi connectivity index (χ1n) is 12.5. The predicted molar refractivity (Wildman–Crippen MR) is 124 cm³/mol. The van der Waals surface area contributed by atoms with Gasteiger partial charge in [-0.05, 0) is 103 Å². The smallest absolute Gasteiger partial charge is 0.445 e. The molecule has 2 atom stereocenters. The number of halogens is 3. The van der Waals surface area contributed by atoms with Crippen LogP contribution in [0.3, 0.4) is 0 Å². The maximum atomic E-state index is 13.0. The molecule has 3 heterocycles. The van der Waals surface area contributed by atoms with Crippen LogP contribution in [0.4, 0.5) is 18.0 Å². The average molecular weight is 487 g/mol. The standard InChI is InChI=1S/C27H29F3N2O3/c28-27(29,30)35-21-3-1-2-19(14-21)20-5-4-17-6-9-26(10-11-26)24(22(17)15-20)31-25(33)34-23-16-32-12-7-18(23)8-13-32/h1-5,14-15,18,23-24H,6-13,16H2,(H,31,33)/t23-,24?/m0/s1. The molecule has 2 aliphatic carbocycles. The molecule has 7 rings (SSSR count). The molecule has 4 fully saturated rings. The van der Waals surface area contributed by atoms with Gasteiger partial charge in [0.05, 0.1) is 6.04 Å². The van der Waals surface area contributed by atoms with Gasteiger partial charge in [0.2, 0.25) is 0 Å². The molecule has 35 heavy (non-hydrogen) atoms. The molecule has 186 valence electrons. The minimum Gasteiger partial charge on any atom is -0.445 e. The molecule has 1 spiro atoms. The summed E-state index contributed by atoms with van der Waals surface area (Å²) < 4.78 is 48.2. The number of benzene rings is 2. The summed E-state index contributed by atoms with van der Waals surface area (Å²) in [6.07, 6.45) is 1.04. The third-order valence-electron chi connectivity index (χ3n) is 8.37. The van der Waals surface area contributed by atoms with E-state index in [1.54, 1.807) is 12.1 Å². The van der Waals surface area contributed by atoms with Gasteiger partial charge in [0.25, 0.3) is 0 Å². The van der Waals surface area contributed by atoms with Crippen molar-refractivity contribution in [2.24, 2.45) is 11.3 Å². The number of aryl methyl sites for hydroxylation is 1. The number of hydrogen-bond donors (Lipinski definition) is 1. The van der Waals surface area contributed by atoms with E-state index in [0.717, 1.165) is 69.3 Å². The summed E-state index contributed by atoms with van der Waals surface area (Å²) in [6, 6.07) is 11.8. The van der Waals surface area contributed by atoms with Crippen LogP contribution in [-0.2, 0) is 11.2 Å². The van der Waals surface area contributed by atoms with Gasteiger partial charge in [-0.3, -0.25) is 4.90 Å². The first-order valence-corrected chi connectivity index (χ1v) is 12.5. The Labute approximate surface area is 202 Å². The number of piperidine rings is 3. The Kier molecular flexibility index (Phi) is 5.47. The number of ether oxygens (including phenoxy) is 2. The summed E-state index contributed by atoms with van der Waals surface area (Å²) >= 11 is 0. The first kappa shape index (κ1) is 22.7. The first-order chi connectivity index (χ1) is 16.8. The highest BCUT2D eigenvalue weighted by molar-refractivity contribution is 5.71. The van der Waals surface area contributed by atoms with E-state index >= 15 is 0 Å². The van der Waals surface area contributed by atoms with Crippen molar-refractivity contribution in [2.45, 2.75) is 57.0 Å². The lowest BCUT2D eigenvalue weighted by molar-refractivity contribution is -0.274. The topological polar surface area (TPSA) is 50.8 Å². The van der Waals surface area contributed by atoms with Gasteiger partial charge in [-0.2, -0.15) is 0 Å². The summed E-state index contributed by atoms with van der Waals surface area (Å²) in [5.74, 6) is 0.194. The molecule has 1 N–H and O–H groups in total. The van der Waals surface area contributed by atoms with E-state index < -0.39 is 6.36 Å². The Morgan fingerprint density at radius 2 is 1.80 bits per heavy atom. The Hall–Kier alpha value is -2.74. The van der Waals surface area contributed by atoms with E-state index in [9.17, 15) is 18.0 Å². The van der Waals surface area contributed by atoms with Crippen LogP contribution in [-0.4, -0.2) is 43.1 Å². The molecule has 1 amide bonds. The van der Waals surface area contributed by atoms with Crippen molar-refractivity contribution in [2.75, 3.05) is 19.6 Å². The van der Waals surface area contributed by atoms with Gasteiger partial charge in [0, 0.05) is 6.54 Å². The predicted octanol–water partition coefficient (Wildman–Crippen LogP) is 5.84. The average Bonchev–Trinajstić information content (AvgIpc) is 3.61. The molecule has 3 saturated heterocycles. The molecule has 0 radical (unpaired) electrons. The van der Waals surface area contributed by atoms with Crippen LogP contribution in [0, 0.1) is 11.3 Å². The number of amides is 1. The maximum absolute atomic E-state index is 13.0. The minimum absolute atomic E-state index is 0.0426. The number of nitrogens with zero attached hydrogens (tertiary/aromatic N) is 1. The Bertz CT molecular complexity index is 1120. The largest absolute Gasteiger partial charge is 0.573 e. The fraction of sp³-hybridized carbons (Fsp3) is 0.519. The molecule has 8 heteroatoms. The van der Waals surface area contributed by atoms with E-state index in [-0.39, 0.29) is 29.4 Å². The van der Waals surface area contributed by atoms with Gasteiger partial charge in [-0.1, -0.05) is 24.3 Å². The second-order valence-corrected chi connectivity index (χ2v) is 10.5. The summed E-state index contributed by atoms with van der Waals surface area (Å²) in [7, 11) is 0. The number of rotatable bonds is 4. The molecular weight excluding hydrogens is 457 g/mol. The van der Waals surface area contributed by atoms with E-state index in [1.165, 1.54) is 17.7 Å². The van der Waals surface area contributed by atoms with Crippen molar-refractivity contribution in [1.82, 2.24) is 10.2 Å². The van der Waals surface area contributed by atoms with Gasteiger partial charge < -0.3 is 14.8 Å². The normalized spacial score (nSPS) is 28.3. The Balaban J connectivity index is 1.24. The van der Waals surface area contributed by atoms with Crippen LogP contribution in [0.25, 0.3) is 11.1 Å². The maximum Gasteiger partial charge on any atom is 0.573 e. The molecular formula is C27H29F3N2O3. The Morgan fingerprint density at radius 3 is 2.49 bits per heavy atom. The lowest BCUT2D eigenvalue weighted by Crippen LogP contribution is -2.53. The number of nitrogens with one attached hydrogen (secondary N) is 1. The fourth-order valence-corrected chi connectivity index (χ4v) is 6.27. The molecule has 2 aromatic carbocycles. The number of alkyl halides is 3. The second-order valence-electron chi connectivity index (χ2n) is 10.5. The fourth-order valence-electron chi connectivity index (χ4n) is 6.27. The molecule has 0 aromatic heterocycles. The zero-order chi connectivity index (χ0) is 24.2. The van der Waals surface area contributed by atoms with Crippen molar-refractivity contribution in [1.29, 1.82) is 0 Å². The summed E-state index contributed by atoms with van der Waals surface area (Å²) in [6.45, 7) is 2.98. The molecule has 3 aliphatic heterocycles. The third kappa shape index (κ3) is 4.60. The van der Waals surface area contributed by atoms with Crippen molar-refractivity contribution in [3.05, 3.63) is 53.6 Å². The molecule has 1 unspecified atom stereocenters. The third-order valence-corrected chi connectivity index (χ3v) is 8.37. The minimum atomic E-state index is -4.74. The lowest BCUT2D eigenvalue weighted by atomic mass is 9.76. The Morgan fingerprint density at radius 1 is 1.03 bits per heavy atom. The highest BCUT2D eigenvalue weighted by Gasteiger charge is 2.53. The van der Waals surface area contributed by atoms with Crippen LogP contribution in [0.5, 0.6) is 5.75 Å². The summed E-state index contributed by atoms with van der Waals surface area (Å²) in [5, 5.41) is 3.20. The quantitative estimate of drug-likeness (QED) is 0.590. The number of hydrogen-bond acceptors (Lipinski definition) is 4. The summed E-state index contributed by atoms with van der Waals surface area (Å²) in [4.78, 5) is 15.4. The molecule has 2 bridgehead atoms. The lowest BCUT2D eigenvalue weighted by Gasteiger charge is -2.44. The molecule has 5 nitrogen and oxygen atoms in total. The zero-order valence-corrected chi connectivity index (χ0v) is 19.4.